The molecule has 1 N–H and O–H groups in total. The molecule has 8 nitrogen and oxygen atoms in total. The number of aryl methyl sites for hydroxylation is 1. The summed E-state index contributed by atoms with van der Waals surface area (Å²) < 4.78 is 28.8. The molecule has 1 aromatic carbocycles. The van der Waals surface area contributed by atoms with Crippen molar-refractivity contribution in [1.29, 1.82) is 0 Å². The first-order chi connectivity index (χ1) is 16.1. The van der Waals surface area contributed by atoms with Crippen LogP contribution in [0.5, 0.6) is 5.75 Å². The van der Waals surface area contributed by atoms with E-state index in [1.807, 2.05) is 17.9 Å². The fourth-order valence-electron chi connectivity index (χ4n) is 3.97. The molecule has 0 saturated heterocycles. The lowest BCUT2D eigenvalue weighted by atomic mass is 9.99. The van der Waals surface area contributed by atoms with Gasteiger partial charge in [0, 0.05) is 68.0 Å². The molecule has 0 saturated carbocycles. The number of ether oxygens (including phenoxy) is 2. The van der Waals surface area contributed by atoms with Crippen molar-refractivity contribution >= 4 is 0 Å². The van der Waals surface area contributed by atoms with Crippen LogP contribution in [0.3, 0.4) is 0 Å². The minimum atomic E-state index is -0.372. The second-order valence-corrected chi connectivity index (χ2v) is 7.93. The number of nitrogens with one attached hydrogen (secondary N) is 1. The zero-order valence-corrected chi connectivity index (χ0v) is 18.6. The number of aromatic nitrogens is 5. The summed E-state index contributed by atoms with van der Waals surface area (Å²) in [6, 6.07) is 8.64. The quantitative estimate of drug-likeness (QED) is 0.437. The first-order valence-electron chi connectivity index (χ1n) is 10.8. The molecule has 0 bridgehead atoms. The van der Waals surface area contributed by atoms with Crippen LogP contribution in [0.15, 0.2) is 48.9 Å². The summed E-state index contributed by atoms with van der Waals surface area (Å²) in [6.07, 6.45) is 5.55. The molecule has 0 unspecified atom stereocenters. The predicted octanol–water partition coefficient (Wildman–Crippen LogP) is 3.28. The van der Waals surface area contributed by atoms with Crippen LogP contribution in [0, 0.1) is 5.82 Å². The van der Waals surface area contributed by atoms with Gasteiger partial charge < -0.3 is 14.8 Å². The lowest BCUT2D eigenvalue weighted by molar-refractivity contribution is 0.146. The second-order valence-electron chi connectivity index (χ2n) is 7.93. The molecule has 1 aliphatic rings. The normalized spacial score (nSPS) is 13.2. The molecule has 4 aromatic rings. The van der Waals surface area contributed by atoms with Crippen molar-refractivity contribution in [3.05, 3.63) is 60.4 Å². The van der Waals surface area contributed by atoms with Gasteiger partial charge in [-0.05, 0) is 24.3 Å². The first-order valence-corrected chi connectivity index (χ1v) is 10.8. The van der Waals surface area contributed by atoms with Crippen LogP contribution in [0.25, 0.3) is 33.6 Å². The van der Waals surface area contributed by atoms with E-state index in [4.69, 9.17) is 19.6 Å². The van der Waals surface area contributed by atoms with E-state index in [1.54, 1.807) is 30.3 Å². The molecule has 0 amide bonds. The van der Waals surface area contributed by atoms with Crippen LogP contribution >= 0.6 is 0 Å². The minimum absolute atomic E-state index is 0.306. The van der Waals surface area contributed by atoms with Crippen molar-refractivity contribution in [2.45, 2.75) is 13.1 Å². The summed E-state index contributed by atoms with van der Waals surface area (Å²) in [5.74, 6) is 0.0452. The monoisotopic (exact) mass is 448 g/mol. The van der Waals surface area contributed by atoms with Crippen LogP contribution < -0.4 is 10.1 Å². The fraction of sp³-hybridized carbons (Fsp3) is 0.292. The number of methoxy groups -OCH3 is 1. The molecule has 170 valence electrons. The summed E-state index contributed by atoms with van der Waals surface area (Å²) in [7, 11) is 3.48. The van der Waals surface area contributed by atoms with Crippen molar-refractivity contribution in [2.24, 2.45) is 7.05 Å². The fourth-order valence-corrected chi connectivity index (χ4v) is 3.97. The Kier molecular flexibility index (Phi) is 5.89. The summed E-state index contributed by atoms with van der Waals surface area (Å²) in [5, 5.41) is 12.5. The number of rotatable bonds is 7. The Labute approximate surface area is 191 Å². The second kappa shape index (κ2) is 9.13. The van der Waals surface area contributed by atoms with E-state index in [1.165, 1.54) is 12.1 Å². The van der Waals surface area contributed by atoms with E-state index >= 15 is 0 Å². The van der Waals surface area contributed by atoms with Gasteiger partial charge in [0.1, 0.15) is 18.2 Å². The maximum Gasteiger partial charge on any atom is 0.131 e. The molecular formula is C24H25FN6O2. The molecule has 0 spiro atoms. The molecule has 1 aliphatic heterocycles. The van der Waals surface area contributed by atoms with E-state index in [9.17, 15) is 4.39 Å². The van der Waals surface area contributed by atoms with Crippen LogP contribution in [0.1, 0.15) is 5.69 Å². The number of nitrogens with zero attached hydrogens (tertiary/aromatic N) is 5. The minimum Gasteiger partial charge on any atom is -0.490 e. The maximum atomic E-state index is 14.1. The average molecular weight is 449 g/mol. The summed E-state index contributed by atoms with van der Waals surface area (Å²) in [5.41, 5.74) is 6.04. The zero-order valence-electron chi connectivity index (χ0n) is 18.6. The molecule has 0 atom stereocenters. The Hall–Kier alpha value is -3.56. The molecule has 4 heterocycles. The summed E-state index contributed by atoms with van der Waals surface area (Å²) >= 11 is 0. The number of halogens is 1. The molecule has 9 heteroatoms. The number of fused-ring (bicyclic) bond motifs is 1. The lowest BCUT2D eigenvalue weighted by Crippen LogP contribution is -2.28. The van der Waals surface area contributed by atoms with Gasteiger partial charge in [-0.3, -0.25) is 14.3 Å². The van der Waals surface area contributed by atoms with Crippen LogP contribution in [0.4, 0.5) is 4.39 Å². The van der Waals surface area contributed by atoms with Gasteiger partial charge in [0.05, 0.1) is 36.4 Å². The standard InChI is InChI=1S/C24H25FN6O2/c1-30-15-17(13-28-30)16-9-21(22-11-19-14-26-5-6-31(19)29-22)24(27-12-16)20-4-3-18(25)10-23(20)33-8-7-32-2/h3-4,9-13,15,26H,5-8,14H2,1-2H3. The van der Waals surface area contributed by atoms with E-state index < -0.39 is 0 Å². The third-order valence-corrected chi connectivity index (χ3v) is 5.62. The smallest absolute Gasteiger partial charge is 0.131 e. The third kappa shape index (κ3) is 4.37. The highest BCUT2D eigenvalue weighted by Crippen LogP contribution is 2.38. The van der Waals surface area contributed by atoms with Gasteiger partial charge in [-0.15, -0.1) is 0 Å². The predicted molar refractivity (Wildman–Crippen MR) is 122 cm³/mol. The number of hydrogen-bond acceptors (Lipinski definition) is 6. The van der Waals surface area contributed by atoms with E-state index in [0.717, 1.165) is 47.7 Å². The Balaban J connectivity index is 1.65. The average Bonchev–Trinajstić information content (AvgIpc) is 3.45. The highest BCUT2D eigenvalue weighted by Gasteiger charge is 2.20. The maximum absolute atomic E-state index is 14.1. The van der Waals surface area contributed by atoms with E-state index in [-0.39, 0.29) is 5.82 Å². The van der Waals surface area contributed by atoms with Crippen LogP contribution in [-0.4, -0.2) is 51.4 Å². The summed E-state index contributed by atoms with van der Waals surface area (Å²) in [6.45, 7) is 3.16. The Morgan fingerprint density at radius 3 is 2.79 bits per heavy atom. The molecule has 0 fully saturated rings. The van der Waals surface area contributed by atoms with Gasteiger partial charge >= 0.3 is 0 Å². The van der Waals surface area contributed by atoms with Gasteiger partial charge in [0.15, 0.2) is 0 Å². The first kappa shape index (κ1) is 21.3. The Bertz CT molecular complexity index is 1260. The van der Waals surface area contributed by atoms with Crippen molar-refractivity contribution in [3.8, 4) is 39.4 Å². The largest absolute Gasteiger partial charge is 0.490 e. The van der Waals surface area contributed by atoms with Gasteiger partial charge in [0.25, 0.3) is 0 Å². The van der Waals surface area contributed by atoms with Gasteiger partial charge in [-0.1, -0.05) is 0 Å². The molecule has 33 heavy (non-hydrogen) atoms. The summed E-state index contributed by atoms with van der Waals surface area (Å²) in [4.78, 5) is 4.80. The van der Waals surface area contributed by atoms with Gasteiger partial charge in [-0.25, -0.2) is 4.39 Å². The zero-order chi connectivity index (χ0) is 22.8. The van der Waals surface area contributed by atoms with Crippen LogP contribution in [-0.2, 0) is 24.9 Å². The molecule has 3 aromatic heterocycles. The molecular weight excluding hydrogens is 423 g/mol. The highest BCUT2D eigenvalue weighted by molar-refractivity contribution is 5.85. The number of benzene rings is 1. The highest BCUT2D eigenvalue weighted by atomic mass is 19.1. The number of hydrogen-bond donors (Lipinski definition) is 1. The molecule has 0 radical (unpaired) electrons. The van der Waals surface area contributed by atoms with Gasteiger partial charge in [0.2, 0.25) is 0 Å². The van der Waals surface area contributed by atoms with Gasteiger partial charge in [-0.2, -0.15) is 10.2 Å². The van der Waals surface area contributed by atoms with Crippen molar-refractivity contribution in [3.63, 3.8) is 0 Å². The Morgan fingerprint density at radius 1 is 1.09 bits per heavy atom. The Morgan fingerprint density at radius 2 is 2.00 bits per heavy atom. The molecule has 5 rings (SSSR count). The lowest BCUT2D eigenvalue weighted by Gasteiger charge is -2.14. The van der Waals surface area contributed by atoms with E-state index in [0.29, 0.717) is 30.2 Å². The van der Waals surface area contributed by atoms with Crippen LogP contribution in [0.2, 0.25) is 0 Å². The number of pyridine rings is 1. The van der Waals surface area contributed by atoms with Crippen molar-refractivity contribution < 1.29 is 13.9 Å². The van der Waals surface area contributed by atoms with Crippen molar-refractivity contribution in [2.75, 3.05) is 26.9 Å². The molecule has 0 aliphatic carbocycles. The SMILES string of the molecule is COCCOc1cc(F)ccc1-c1ncc(-c2cnn(C)c2)cc1-c1cc2n(n1)CCNC2. The van der Waals surface area contributed by atoms with E-state index in [2.05, 4.69) is 22.5 Å². The third-order valence-electron chi connectivity index (χ3n) is 5.62. The topological polar surface area (TPSA) is 79.0 Å². The van der Waals surface area contributed by atoms with Crippen molar-refractivity contribution in [1.82, 2.24) is 29.9 Å².